The van der Waals surface area contributed by atoms with Crippen molar-refractivity contribution in [2.75, 3.05) is 4.90 Å². The first-order chi connectivity index (χ1) is 19.1. The van der Waals surface area contributed by atoms with Crippen molar-refractivity contribution < 1.29 is 9.53 Å². The Balaban J connectivity index is 1.23. The summed E-state index contributed by atoms with van der Waals surface area (Å²) in [6.07, 6.45) is 1.92. The molecule has 5 aromatic rings. The average Bonchev–Trinajstić information content (AvgIpc) is 3.33. The molecule has 1 heterocycles. The molecule has 0 fully saturated rings. The van der Waals surface area contributed by atoms with Crippen LogP contribution in [0.15, 0.2) is 131 Å². The van der Waals surface area contributed by atoms with E-state index < -0.39 is 0 Å². The first-order valence-electron chi connectivity index (χ1n) is 12.8. The van der Waals surface area contributed by atoms with Crippen molar-refractivity contribution in [3.63, 3.8) is 0 Å². The SMILES string of the molecule is O=C1N=C(N(c2ccccc2)c2cc[c]([Na])cc2)SC1=Cc1ccc2cc(OCc3ccccc3)ccc2c1. The summed E-state index contributed by atoms with van der Waals surface area (Å²) in [5.41, 5.74) is 4.04. The number of fused-ring (bicyclic) bond motifs is 1. The fourth-order valence-corrected chi connectivity index (χ4v) is 5.74. The second-order valence-electron chi connectivity index (χ2n) is 9.36. The van der Waals surface area contributed by atoms with Crippen molar-refractivity contribution in [2.24, 2.45) is 4.99 Å². The quantitative estimate of drug-likeness (QED) is 0.173. The van der Waals surface area contributed by atoms with E-state index in [-0.39, 0.29) is 5.91 Å². The minimum absolute atomic E-state index is 0.222. The number of amidine groups is 1. The molecule has 0 N–H and O–H groups in total. The van der Waals surface area contributed by atoms with E-state index in [1.54, 1.807) is 0 Å². The normalized spacial score (nSPS) is 14.1. The van der Waals surface area contributed by atoms with Gasteiger partial charge in [-0.15, -0.1) is 0 Å². The van der Waals surface area contributed by atoms with E-state index in [9.17, 15) is 4.79 Å². The Morgan fingerprint density at radius 3 is 2.21 bits per heavy atom. The molecule has 4 nitrogen and oxygen atoms in total. The van der Waals surface area contributed by atoms with Gasteiger partial charge >= 0.3 is 174 Å². The molecule has 184 valence electrons. The van der Waals surface area contributed by atoms with Gasteiger partial charge in [0.1, 0.15) is 12.4 Å². The van der Waals surface area contributed by atoms with Gasteiger partial charge in [0.05, 0.1) is 0 Å². The summed E-state index contributed by atoms with van der Waals surface area (Å²) in [6, 6.07) is 40.9. The third kappa shape index (κ3) is 6.02. The number of carbonyl (C=O) groups is 1. The minimum atomic E-state index is -0.222. The number of benzene rings is 5. The molecule has 1 amide bonds. The molecule has 1 aliphatic rings. The zero-order chi connectivity index (χ0) is 26.6. The average molecular weight is 535 g/mol. The molecule has 39 heavy (non-hydrogen) atoms. The Bertz CT molecular complexity index is 1700. The molecule has 0 aliphatic carbocycles. The molecule has 1 aliphatic heterocycles. The van der Waals surface area contributed by atoms with Gasteiger partial charge in [-0.1, -0.05) is 36.4 Å². The predicted octanol–water partition coefficient (Wildman–Crippen LogP) is 7.02. The van der Waals surface area contributed by atoms with Crippen LogP contribution >= 0.6 is 11.8 Å². The molecule has 0 radical (unpaired) electrons. The summed E-state index contributed by atoms with van der Waals surface area (Å²) in [4.78, 5) is 20.1. The van der Waals surface area contributed by atoms with Crippen molar-refractivity contribution in [1.82, 2.24) is 0 Å². The second kappa shape index (κ2) is 11.6. The summed E-state index contributed by atoms with van der Waals surface area (Å²) in [7, 11) is 0. The summed E-state index contributed by atoms with van der Waals surface area (Å²) >= 11 is 2.39. The molecule has 0 atom stereocenters. The van der Waals surface area contributed by atoms with E-state index in [0.29, 0.717) is 16.7 Å². The van der Waals surface area contributed by atoms with Gasteiger partial charge in [-0.25, -0.2) is 0 Å². The van der Waals surface area contributed by atoms with Gasteiger partial charge < -0.3 is 4.74 Å². The number of thioether (sulfide) groups is 1. The molecule has 6 rings (SSSR count). The van der Waals surface area contributed by atoms with E-state index in [1.165, 1.54) is 14.6 Å². The number of amides is 1. The Morgan fingerprint density at radius 2 is 1.44 bits per heavy atom. The van der Waals surface area contributed by atoms with E-state index >= 15 is 0 Å². The van der Waals surface area contributed by atoms with Crippen LogP contribution < -0.4 is 12.4 Å². The molecule has 5 aromatic carbocycles. The molecular formula is C33H23N2NaO2S. The van der Waals surface area contributed by atoms with Crippen LogP contribution in [0.3, 0.4) is 0 Å². The van der Waals surface area contributed by atoms with Crippen LogP contribution in [-0.2, 0) is 11.4 Å². The number of para-hydroxylation sites is 1. The van der Waals surface area contributed by atoms with Crippen molar-refractivity contribution in [1.29, 1.82) is 0 Å². The zero-order valence-corrected chi connectivity index (χ0v) is 24.3. The van der Waals surface area contributed by atoms with Gasteiger partial charge in [-0.3, -0.25) is 0 Å². The summed E-state index contributed by atoms with van der Waals surface area (Å²) in [5, 5.41) is 2.82. The number of anilines is 2. The number of hydrogen-bond donors (Lipinski definition) is 0. The van der Waals surface area contributed by atoms with Crippen LogP contribution in [-0.4, -0.2) is 39.0 Å². The van der Waals surface area contributed by atoms with Crippen molar-refractivity contribution >= 4 is 81.8 Å². The third-order valence-corrected chi connectivity index (χ3v) is 8.12. The first-order valence-corrected chi connectivity index (χ1v) is 14.6. The number of aliphatic imine (C=N–C) groups is 1. The Kier molecular flexibility index (Phi) is 7.66. The molecule has 0 bridgehead atoms. The molecule has 0 spiro atoms. The number of nitrogens with zero attached hydrogens (tertiary/aromatic N) is 2. The molecule has 0 aromatic heterocycles. The van der Waals surface area contributed by atoms with Crippen LogP contribution in [0, 0.1) is 0 Å². The van der Waals surface area contributed by atoms with E-state index in [4.69, 9.17) is 4.74 Å². The van der Waals surface area contributed by atoms with Crippen LogP contribution in [0.5, 0.6) is 5.75 Å². The van der Waals surface area contributed by atoms with E-state index in [2.05, 4.69) is 59.6 Å². The first kappa shape index (κ1) is 25.7. The van der Waals surface area contributed by atoms with Gasteiger partial charge in [0.2, 0.25) is 0 Å². The number of ether oxygens (including phenoxy) is 1. The molecule has 0 saturated carbocycles. The van der Waals surface area contributed by atoms with Crippen molar-refractivity contribution in [2.45, 2.75) is 6.61 Å². The molecular weight excluding hydrogens is 511 g/mol. The monoisotopic (exact) mass is 534 g/mol. The number of rotatable bonds is 6. The van der Waals surface area contributed by atoms with Crippen LogP contribution in [0.2, 0.25) is 0 Å². The standard InChI is InChI=1S/C33H23N2O2S.Na/c36-32-31(38-33(34-32)35(28-12-6-2-7-13-28)29-14-8-3-9-15-29)21-25-16-17-27-22-30(19-18-26(27)20-25)37-23-24-10-4-1-5-11-24;/h1-2,4-22H,23H2;. The Labute approximate surface area is 249 Å². The topological polar surface area (TPSA) is 41.9 Å². The zero-order valence-electron chi connectivity index (χ0n) is 21.5. The summed E-state index contributed by atoms with van der Waals surface area (Å²) in [5.74, 6) is 0.608. The van der Waals surface area contributed by atoms with Crippen LogP contribution in [0.25, 0.3) is 16.8 Å². The number of carbonyl (C=O) groups excluding carboxylic acids is 1. The fourth-order valence-electron chi connectivity index (χ4n) is 4.45. The van der Waals surface area contributed by atoms with E-state index in [1.807, 2.05) is 77.7 Å². The molecule has 0 unspecified atom stereocenters. The van der Waals surface area contributed by atoms with Crippen LogP contribution in [0.4, 0.5) is 11.4 Å². The van der Waals surface area contributed by atoms with Crippen LogP contribution in [0.1, 0.15) is 11.1 Å². The van der Waals surface area contributed by atoms with Crippen molar-refractivity contribution in [3.8, 4) is 5.75 Å². The molecule has 6 heteroatoms. The third-order valence-electron chi connectivity index (χ3n) is 6.49. The fraction of sp³-hybridized carbons (Fsp3) is 0.0303. The maximum atomic E-state index is 13.0. The van der Waals surface area contributed by atoms with Gasteiger partial charge in [0.15, 0.2) is 0 Å². The van der Waals surface area contributed by atoms with Gasteiger partial charge in [0.25, 0.3) is 0 Å². The van der Waals surface area contributed by atoms with E-state index in [0.717, 1.165) is 67.0 Å². The van der Waals surface area contributed by atoms with Gasteiger partial charge in [-0.2, -0.15) is 0 Å². The van der Waals surface area contributed by atoms with Gasteiger partial charge in [-0.05, 0) is 23.1 Å². The van der Waals surface area contributed by atoms with Crippen molar-refractivity contribution in [3.05, 3.63) is 137 Å². The number of hydrogen-bond acceptors (Lipinski definition) is 4. The Morgan fingerprint density at radius 1 is 0.769 bits per heavy atom. The maximum absolute atomic E-state index is 13.0. The molecule has 0 saturated heterocycles. The Hall–Kier alpha value is -3.61. The second-order valence-corrected chi connectivity index (χ2v) is 11.5. The summed E-state index contributed by atoms with van der Waals surface area (Å²) < 4.78 is 7.30. The van der Waals surface area contributed by atoms with Gasteiger partial charge in [0, 0.05) is 0 Å². The summed E-state index contributed by atoms with van der Waals surface area (Å²) in [6.45, 7) is 0.530. The predicted molar refractivity (Wildman–Crippen MR) is 163 cm³/mol.